The second kappa shape index (κ2) is 8.54. The van der Waals surface area contributed by atoms with E-state index in [4.69, 9.17) is 20.9 Å². The van der Waals surface area contributed by atoms with Crippen LogP contribution in [0.15, 0.2) is 35.2 Å². The summed E-state index contributed by atoms with van der Waals surface area (Å²) in [5.41, 5.74) is 1.29. The number of carbonyl (C=O) groups excluding carboxylic acids is 1. The molecular weight excluding hydrogens is 372 g/mol. The number of hydrogen-bond acceptors (Lipinski definition) is 9. The van der Waals surface area contributed by atoms with Gasteiger partial charge in [-0.15, -0.1) is 0 Å². The molecule has 140 valence electrons. The molecule has 3 rings (SSSR count). The minimum atomic E-state index is -0.645. The van der Waals surface area contributed by atoms with Gasteiger partial charge < -0.3 is 14.6 Å². The Morgan fingerprint density at radius 3 is 2.81 bits per heavy atom. The molecule has 3 aromatic heterocycles. The third-order valence-electron chi connectivity index (χ3n) is 3.49. The summed E-state index contributed by atoms with van der Waals surface area (Å²) in [7, 11) is 0. The van der Waals surface area contributed by atoms with Gasteiger partial charge in [0.25, 0.3) is 11.7 Å². The normalized spacial score (nSPS) is 11.8. The Bertz CT molecular complexity index is 915. The van der Waals surface area contributed by atoms with Crippen LogP contribution in [0.1, 0.15) is 30.2 Å². The van der Waals surface area contributed by atoms with Gasteiger partial charge in [0.05, 0.1) is 22.9 Å². The number of nitrogens with zero attached hydrogens (tertiary/aromatic N) is 5. The topological polar surface area (TPSA) is 116 Å². The number of ether oxygens (including phenoxy) is 1. The second-order valence-electron chi connectivity index (χ2n) is 5.62. The molecule has 0 fully saturated rings. The third-order valence-corrected chi connectivity index (χ3v) is 3.84. The van der Waals surface area contributed by atoms with Crippen molar-refractivity contribution in [2.24, 2.45) is 0 Å². The molecule has 0 radical (unpaired) electrons. The number of nitrogens with one attached hydrogen (secondary N) is 1. The highest BCUT2D eigenvalue weighted by Crippen LogP contribution is 2.18. The van der Waals surface area contributed by atoms with Crippen LogP contribution in [0.2, 0.25) is 5.02 Å². The fourth-order valence-electron chi connectivity index (χ4n) is 2.26. The van der Waals surface area contributed by atoms with Crippen LogP contribution in [0.3, 0.4) is 0 Å². The fourth-order valence-corrected chi connectivity index (χ4v) is 2.46. The van der Waals surface area contributed by atoms with Gasteiger partial charge in [0.2, 0.25) is 5.95 Å². The monoisotopic (exact) mass is 388 g/mol. The number of pyridine rings is 1. The molecule has 0 aliphatic rings. The molecule has 0 saturated heterocycles. The van der Waals surface area contributed by atoms with E-state index in [1.165, 1.54) is 12.4 Å². The molecule has 1 N–H and O–H groups in total. The van der Waals surface area contributed by atoms with Crippen molar-refractivity contribution in [3.05, 3.63) is 47.3 Å². The Morgan fingerprint density at radius 1 is 1.33 bits per heavy atom. The predicted octanol–water partition coefficient (Wildman–Crippen LogP) is 2.79. The third kappa shape index (κ3) is 4.76. The van der Waals surface area contributed by atoms with Crippen LogP contribution < -0.4 is 5.32 Å². The molecule has 10 heteroatoms. The standard InChI is InChI=1S/C17H17ClN6O3/c1-3-26-16(25)14-23-15(27-24-14)11-8-20-17(21-9-11)22-10(2)7-13-12(18)5-4-6-19-13/h4-6,8-10H,3,7H2,1-2H3,(H,20,21,22). The SMILES string of the molecule is CCOC(=O)c1noc(-c2cnc(NC(C)Cc3ncccc3Cl)nc2)n1. The molecule has 9 nitrogen and oxygen atoms in total. The minimum absolute atomic E-state index is 0.0158. The lowest BCUT2D eigenvalue weighted by Gasteiger charge is -2.13. The van der Waals surface area contributed by atoms with E-state index in [-0.39, 0.29) is 24.4 Å². The van der Waals surface area contributed by atoms with Gasteiger partial charge >= 0.3 is 5.97 Å². The van der Waals surface area contributed by atoms with Crippen LogP contribution in [0.5, 0.6) is 0 Å². The predicted molar refractivity (Wildman–Crippen MR) is 97.3 cm³/mol. The molecule has 0 aromatic carbocycles. The maximum Gasteiger partial charge on any atom is 0.379 e. The fraction of sp³-hybridized carbons (Fsp3) is 0.294. The lowest BCUT2D eigenvalue weighted by Crippen LogP contribution is -2.20. The van der Waals surface area contributed by atoms with E-state index in [9.17, 15) is 4.79 Å². The van der Waals surface area contributed by atoms with E-state index in [1.54, 1.807) is 25.3 Å². The van der Waals surface area contributed by atoms with Crippen LogP contribution in [0.25, 0.3) is 11.5 Å². The summed E-state index contributed by atoms with van der Waals surface area (Å²) < 4.78 is 9.86. The molecule has 27 heavy (non-hydrogen) atoms. The Labute approximate surface area is 160 Å². The summed E-state index contributed by atoms with van der Waals surface area (Å²) in [6.07, 6.45) is 5.38. The molecular formula is C17H17ClN6O3. The minimum Gasteiger partial charge on any atom is -0.460 e. The number of esters is 1. The van der Waals surface area contributed by atoms with Crippen molar-refractivity contribution in [1.29, 1.82) is 0 Å². The molecule has 3 aromatic rings. The van der Waals surface area contributed by atoms with Gasteiger partial charge in [0, 0.05) is 31.1 Å². The first-order chi connectivity index (χ1) is 13.1. The smallest absolute Gasteiger partial charge is 0.379 e. The summed E-state index contributed by atoms with van der Waals surface area (Å²) in [6, 6.07) is 3.61. The van der Waals surface area contributed by atoms with Crippen molar-refractivity contribution in [3.8, 4) is 11.5 Å². The maximum atomic E-state index is 11.6. The van der Waals surface area contributed by atoms with Gasteiger partial charge in [0.15, 0.2) is 0 Å². The van der Waals surface area contributed by atoms with Crippen molar-refractivity contribution < 1.29 is 14.1 Å². The molecule has 0 spiro atoms. The van der Waals surface area contributed by atoms with Gasteiger partial charge in [-0.2, -0.15) is 4.98 Å². The second-order valence-corrected chi connectivity index (χ2v) is 6.03. The number of anilines is 1. The number of aromatic nitrogens is 5. The van der Waals surface area contributed by atoms with Crippen LogP contribution in [-0.2, 0) is 11.2 Å². The van der Waals surface area contributed by atoms with E-state index in [0.29, 0.717) is 23.0 Å². The Hall–Kier alpha value is -3.07. The summed E-state index contributed by atoms with van der Waals surface area (Å²) in [4.78, 5) is 28.3. The highest BCUT2D eigenvalue weighted by molar-refractivity contribution is 6.31. The van der Waals surface area contributed by atoms with Crippen LogP contribution in [0, 0.1) is 0 Å². The molecule has 1 unspecified atom stereocenters. The quantitative estimate of drug-likeness (QED) is 0.609. The summed E-state index contributed by atoms with van der Waals surface area (Å²) in [5.74, 6) is -0.218. The lowest BCUT2D eigenvalue weighted by molar-refractivity contribution is 0.0508. The average molecular weight is 389 g/mol. The molecule has 0 aliphatic heterocycles. The van der Waals surface area contributed by atoms with Crippen molar-refractivity contribution >= 4 is 23.5 Å². The number of rotatable bonds is 7. The molecule has 1 atom stereocenters. The zero-order valence-electron chi connectivity index (χ0n) is 14.7. The zero-order chi connectivity index (χ0) is 19.2. The van der Waals surface area contributed by atoms with E-state index >= 15 is 0 Å². The van der Waals surface area contributed by atoms with Gasteiger partial charge in [0.1, 0.15) is 0 Å². The molecule has 0 amide bonds. The molecule has 0 saturated carbocycles. The van der Waals surface area contributed by atoms with E-state index in [0.717, 1.165) is 5.69 Å². The maximum absolute atomic E-state index is 11.6. The van der Waals surface area contributed by atoms with Crippen LogP contribution in [-0.4, -0.2) is 43.7 Å². The summed E-state index contributed by atoms with van der Waals surface area (Å²) in [6.45, 7) is 3.90. The van der Waals surface area contributed by atoms with E-state index in [1.807, 2.05) is 6.92 Å². The van der Waals surface area contributed by atoms with Crippen LogP contribution >= 0.6 is 11.6 Å². The number of carbonyl (C=O) groups is 1. The highest BCUT2D eigenvalue weighted by atomic mass is 35.5. The van der Waals surface area contributed by atoms with Gasteiger partial charge in [-0.3, -0.25) is 4.98 Å². The highest BCUT2D eigenvalue weighted by Gasteiger charge is 2.17. The average Bonchev–Trinajstić information content (AvgIpc) is 3.15. The summed E-state index contributed by atoms with van der Waals surface area (Å²) in [5, 5.41) is 7.38. The van der Waals surface area contributed by atoms with Gasteiger partial charge in [-0.1, -0.05) is 11.6 Å². The first-order valence-electron chi connectivity index (χ1n) is 8.26. The van der Waals surface area contributed by atoms with Gasteiger partial charge in [-0.25, -0.2) is 14.8 Å². The Kier molecular flexibility index (Phi) is 5.92. The van der Waals surface area contributed by atoms with E-state index < -0.39 is 5.97 Å². The Morgan fingerprint density at radius 2 is 2.11 bits per heavy atom. The molecule has 0 aliphatic carbocycles. The zero-order valence-corrected chi connectivity index (χ0v) is 15.5. The van der Waals surface area contributed by atoms with E-state index in [2.05, 4.69) is 30.4 Å². The van der Waals surface area contributed by atoms with Crippen molar-refractivity contribution in [2.75, 3.05) is 11.9 Å². The van der Waals surface area contributed by atoms with Crippen molar-refractivity contribution in [1.82, 2.24) is 25.1 Å². The molecule has 3 heterocycles. The van der Waals surface area contributed by atoms with Crippen LogP contribution in [0.4, 0.5) is 5.95 Å². The Balaban J connectivity index is 1.63. The van der Waals surface area contributed by atoms with Crippen molar-refractivity contribution in [3.63, 3.8) is 0 Å². The first-order valence-corrected chi connectivity index (χ1v) is 8.63. The number of hydrogen-bond donors (Lipinski definition) is 1. The molecule has 0 bridgehead atoms. The summed E-state index contributed by atoms with van der Waals surface area (Å²) >= 11 is 6.13. The lowest BCUT2D eigenvalue weighted by atomic mass is 10.1. The van der Waals surface area contributed by atoms with Crippen molar-refractivity contribution in [2.45, 2.75) is 26.3 Å². The van der Waals surface area contributed by atoms with Gasteiger partial charge in [-0.05, 0) is 31.1 Å². The largest absolute Gasteiger partial charge is 0.460 e. The number of halogens is 1. The first kappa shape index (κ1) is 18.7.